The second-order valence-electron chi connectivity index (χ2n) is 3.42. The van der Waals surface area contributed by atoms with Crippen molar-refractivity contribution in [3.8, 4) is 6.07 Å². The average molecular weight is 218 g/mol. The average Bonchev–Trinajstić information content (AvgIpc) is 2.35. The van der Waals surface area contributed by atoms with E-state index in [1.807, 2.05) is 30.3 Å². The normalized spacial score (nSPS) is 11.3. The maximum Gasteiger partial charge on any atom is 0.410 e. The summed E-state index contributed by atoms with van der Waals surface area (Å²) in [5.74, 6) is 0. The predicted molar refractivity (Wildman–Crippen MR) is 59.7 cm³/mol. The molecule has 0 saturated carbocycles. The van der Waals surface area contributed by atoms with Crippen LogP contribution < -0.4 is 0 Å². The van der Waals surface area contributed by atoms with E-state index in [1.54, 1.807) is 7.05 Å². The van der Waals surface area contributed by atoms with Gasteiger partial charge >= 0.3 is 6.09 Å². The lowest BCUT2D eigenvalue weighted by molar-refractivity contribution is 0.125. The maximum absolute atomic E-state index is 11.3. The lowest BCUT2D eigenvalue weighted by Gasteiger charge is -2.21. The molecule has 1 aromatic rings. The Morgan fingerprint density at radius 3 is 2.62 bits per heavy atom. The Hall–Kier alpha value is -2.02. The Kier molecular flexibility index (Phi) is 4.34. The van der Waals surface area contributed by atoms with Crippen LogP contribution in [0.15, 0.2) is 30.3 Å². The Morgan fingerprint density at radius 1 is 1.50 bits per heavy atom. The van der Waals surface area contributed by atoms with Gasteiger partial charge in [-0.05, 0) is 5.56 Å². The third-order valence-electron chi connectivity index (χ3n) is 2.35. The van der Waals surface area contributed by atoms with Crippen LogP contribution in [0.5, 0.6) is 0 Å². The van der Waals surface area contributed by atoms with Gasteiger partial charge in [-0.2, -0.15) is 5.26 Å². The smallest absolute Gasteiger partial charge is 0.410 e. The first-order valence-corrected chi connectivity index (χ1v) is 4.93. The molecule has 84 valence electrons. The van der Waals surface area contributed by atoms with Crippen molar-refractivity contribution < 1.29 is 9.53 Å². The molecule has 0 aliphatic rings. The number of carbonyl (C=O) groups is 1. The molecule has 16 heavy (non-hydrogen) atoms. The highest BCUT2D eigenvalue weighted by Crippen LogP contribution is 2.07. The van der Waals surface area contributed by atoms with Crippen molar-refractivity contribution in [1.82, 2.24) is 4.90 Å². The van der Waals surface area contributed by atoms with E-state index in [0.29, 0.717) is 6.42 Å². The number of methoxy groups -OCH3 is 1. The summed E-state index contributed by atoms with van der Waals surface area (Å²) >= 11 is 0. The van der Waals surface area contributed by atoms with Crippen LogP contribution in [0.25, 0.3) is 0 Å². The molecule has 0 spiro atoms. The van der Waals surface area contributed by atoms with Gasteiger partial charge in [-0.3, -0.25) is 4.90 Å². The van der Waals surface area contributed by atoms with Gasteiger partial charge in [0, 0.05) is 13.5 Å². The van der Waals surface area contributed by atoms with Crippen LogP contribution in [-0.2, 0) is 11.2 Å². The SMILES string of the molecule is COC(=O)N(C)[C@H](C#N)Cc1ccccc1. The minimum atomic E-state index is -0.505. The molecule has 0 unspecified atom stereocenters. The third-order valence-corrected chi connectivity index (χ3v) is 2.35. The van der Waals surface area contributed by atoms with Crippen LogP contribution in [0.2, 0.25) is 0 Å². The largest absolute Gasteiger partial charge is 0.453 e. The molecule has 4 nitrogen and oxygen atoms in total. The minimum absolute atomic E-state index is 0.498. The number of hydrogen-bond acceptors (Lipinski definition) is 3. The zero-order valence-corrected chi connectivity index (χ0v) is 9.38. The highest BCUT2D eigenvalue weighted by molar-refractivity contribution is 5.67. The van der Waals surface area contributed by atoms with Crippen molar-refractivity contribution in [1.29, 1.82) is 5.26 Å². The molecule has 4 heteroatoms. The van der Waals surface area contributed by atoms with Crippen molar-refractivity contribution >= 4 is 6.09 Å². The molecule has 1 amide bonds. The lowest BCUT2D eigenvalue weighted by atomic mass is 10.1. The van der Waals surface area contributed by atoms with Gasteiger partial charge in [0.2, 0.25) is 0 Å². The number of nitriles is 1. The van der Waals surface area contributed by atoms with Crippen LogP contribution in [0.4, 0.5) is 4.79 Å². The van der Waals surface area contributed by atoms with E-state index < -0.39 is 12.1 Å². The molecule has 0 fully saturated rings. The fourth-order valence-corrected chi connectivity index (χ4v) is 1.38. The van der Waals surface area contributed by atoms with Crippen LogP contribution in [0.3, 0.4) is 0 Å². The number of ether oxygens (including phenoxy) is 1. The van der Waals surface area contributed by atoms with Gasteiger partial charge in [0.15, 0.2) is 0 Å². The summed E-state index contributed by atoms with van der Waals surface area (Å²) in [7, 11) is 2.86. The Bertz CT molecular complexity index is 384. The molecule has 1 aromatic carbocycles. The van der Waals surface area contributed by atoms with Crippen molar-refractivity contribution in [3.63, 3.8) is 0 Å². The van der Waals surface area contributed by atoms with E-state index in [4.69, 9.17) is 5.26 Å². The number of carbonyl (C=O) groups excluding carboxylic acids is 1. The Morgan fingerprint density at radius 2 is 2.12 bits per heavy atom. The highest BCUT2D eigenvalue weighted by atomic mass is 16.5. The molecule has 0 heterocycles. The monoisotopic (exact) mass is 218 g/mol. The Balaban J connectivity index is 2.70. The van der Waals surface area contributed by atoms with Gasteiger partial charge in [-0.25, -0.2) is 4.79 Å². The predicted octanol–water partition coefficient (Wildman–Crippen LogP) is 1.82. The molecular formula is C12H14N2O2. The Labute approximate surface area is 95.0 Å². The molecule has 0 radical (unpaired) electrons. The molecule has 0 aromatic heterocycles. The summed E-state index contributed by atoms with van der Waals surface area (Å²) in [6.45, 7) is 0. The highest BCUT2D eigenvalue weighted by Gasteiger charge is 2.19. The van der Waals surface area contributed by atoms with Crippen molar-refractivity contribution in [2.75, 3.05) is 14.2 Å². The van der Waals surface area contributed by atoms with Gasteiger partial charge in [0.25, 0.3) is 0 Å². The number of hydrogen-bond donors (Lipinski definition) is 0. The van der Waals surface area contributed by atoms with Crippen molar-refractivity contribution in [3.05, 3.63) is 35.9 Å². The van der Waals surface area contributed by atoms with E-state index in [-0.39, 0.29) is 0 Å². The fourth-order valence-electron chi connectivity index (χ4n) is 1.38. The molecule has 0 N–H and O–H groups in total. The fraction of sp³-hybridized carbons (Fsp3) is 0.333. The van der Waals surface area contributed by atoms with Crippen LogP contribution in [0.1, 0.15) is 5.56 Å². The summed E-state index contributed by atoms with van der Waals surface area (Å²) in [6.07, 6.45) is 0.00521. The number of rotatable bonds is 3. The van der Waals surface area contributed by atoms with Gasteiger partial charge in [-0.1, -0.05) is 30.3 Å². The molecule has 0 aliphatic carbocycles. The van der Waals surface area contributed by atoms with Gasteiger partial charge in [0.05, 0.1) is 13.2 Å². The maximum atomic E-state index is 11.3. The molecule has 1 rings (SSSR count). The molecule has 0 saturated heterocycles. The van der Waals surface area contributed by atoms with Crippen molar-refractivity contribution in [2.24, 2.45) is 0 Å². The summed E-state index contributed by atoms with van der Waals surface area (Å²) < 4.78 is 4.57. The second kappa shape index (κ2) is 5.76. The number of benzene rings is 1. The zero-order chi connectivity index (χ0) is 12.0. The first-order valence-electron chi connectivity index (χ1n) is 4.93. The minimum Gasteiger partial charge on any atom is -0.453 e. The lowest BCUT2D eigenvalue weighted by Crippen LogP contribution is -2.37. The molecular weight excluding hydrogens is 204 g/mol. The van der Waals surface area contributed by atoms with E-state index in [9.17, 15) is 4.79 Å². The number of likely N-dealkylation sites (N-methyl/N-ethyl adjacent to an activating group) is 1. The van der Waals surface area contributed by atoms with E-state index >= 15 is 0 Å². The topological polar surface area (TPSA) is 53.3 Å². The van der Waals surface area contributed by atoms with Crippen LogP contribution >= 0.6 is 0 Å². The quantitative estimate of drug-likeness (QED) is 0.777. The summed E-state index contributed by atoms with van der Waals surface area (Å²) in [5.41, 5.74) is 1.02. The summed E-state index contributed by atoms with van der Waals surface area (Å²) in [6, 6.07) is 11.2. The standard InChI is InChI=1S/C12H14N2O2/c1-14(12(15)16-2)11(9-13)8-10-6-4-3-5-7-10/h3-7,11H,8H2,1-2H3/t11-/m0/s1. The first kappa shape index (κ1) is 12.1. The van der Waals surface area contributed by atoms with E-state index in [1.165, 1.54) is 12.0 Å². The van der Waals surface area contributed by atoms with Gasteiger partial charge in [0.1, 0.15) is 6.04 Å². The molecule has 1 atom stereocenters. The van der Waals surface area contributed by atoms with Crippen LogP contribution in [-0.4, -0.2) is 31.2 Å². The van der Waals surface area contributed by atoms with Gasteiger partial charge < -0.3 is 4.74 Å². The second-order valence-corrected chi connectivity index (χ2v) is 3.42. The van der Waals surface area contributed by atoms with E-state index in [2.05, 4.69) is 10.8 Å². The van der Waals surface area contributed by atoms with Crippen molar-refractivity contribution in [2.45, 2.75) is 12.5 Å². The molecule has 0 bridgehead atoms. The molecule has 0 aliphatic heterocycles. The summed E-state index contributed by atoms with van der Waals surface area (Å²) in [4.78, 5) is 12.6. The number of amides is 1. The zero-order valence-electron chi connectivity index (χ0n) is 9.38. The first-order chi connectivity index (χ1) is 7.69. The van der Waals surface area contributed by atoms with Crippen LogP contribution in [0, 0.1) is 11.3 Å². The number of nitrogens with zero attached hydrogens (tertiary/aromatic N) is 2. The summed E-state index contributed by atoms with van der Waals surface area (Å²) in [5, 5.41) is 9.00. The third kappa shape index (κ3) is 2.99. The van der Waals surface area contributed by atoms with E-state index in [0.717, 1.165) is 5.56 Å². The van der Waals surface area contributed by atoms with Gasteiger partial charge in [-0.15, -0.1) is 0 Å².